The van der Waals surface area contributed by atoms with E-state index in [4.69, 9.17) is 4.74 Å². The van der Waals surface area contributed by atoms with E-state index < -0.39 is 5.97 Å². The number of nitrogens with zero attached hydrogens (tertiary/aromatic N) is 1. The molecule has 128 valence electrons. The van der Waals surface area contributed by atoms with Crippen molar-refractivity contribution in [3.63, 3.8) is 0 Å². The van der Waals surface area contributed by atoms with Crippen molar-refractivity contribution >= 4 is 32.8 Å². The van der Waals surface area contributed by atoms with Crippen molar-refractivity contribution in [3.05, 3.63) is 58.6 Å². The van der Waals surface area contributed by atoms with Crippen LogP contribution in [0.25, 0.3) is 22.2 Å². The van der Waals surface area contributed by atoms with Gasteiger partial charge in [-0.25, -0.2) is 4.98 Å². The van der Waals surface area contributed by atoms with Gasteiger partial charge in [0.15, 0.2) is 0 Å². The van der Waals surface area contributed by atoms with Gasteiger partial charge in [-0.3, -0.25) is 0 Å². The number of unbranched alkanes of at least 4 members (excludes halogenated alkanes) is 1. The van der Waals surface area contributed by atoms with Gasteiger partial charge in [0.1, 0.15) is 5.75 Å². The van der Waals surface area contributed by atoms with Crippen molar-refractivity contribution in [2.45, 2.75) is 19.8 Å². The Morgan fingerprint density at radius 1 is 1.15 bits per heavy atom. The molecular formula is C20H17BrKNO3. The molecule has 0 aliphatic rings. The second-order valence-corrected chi connectivity index (χ2v) is 6.65. The fourth-order valence-electron chi connectivity index (χ4n) is 2.57. The third kappa shape index (κ3) is 5.15. The Bertz CT molecular complexity index is 913. The summed E-state index contributed by atoms with van der Waals surface area (Å²) in [5.74, 6) is -0.423. The predicted molar refractivity (Wildman–Crippen MR) is 99.6 cm³/mol. The number of aromatic nitrogens is 1. The van der Waals surface area contributed by atoms with Crippen LogP contribution in [0.3, 0.4) is 0 Å². The third-order valence-corrected chi connectivity index (χ3v) is 4.40. The summed E-state index contributed by atoms with van der Waals surface area (Å²) in [6, 6.07) is 14.4. The van der Waals surface area contributed by atoms with E-state index in [-0.39, 0.29) is 56.9 Å². The van der Waals surface area contributed by atoms with Gasteiger partial charge < -0.3 is 14.6 Å². The van der Waals surface area contributed by atoms with Crippen molar-refractivity contribution in [3.8, 4) is 17.0 Å². The molecular weight excluding hydrogens is 421 g/mol. The zero-order valence-corrected chi connectivity index (χ0v) is 19.5. The summed E-state index contributed by atoms with van der Waals surface area (Å²) in [4.78, 5) is 16.1. The molecule has 1 heterocycles. The van der Waals surface area contributed by atoms with Crippen LogP contribution in [0, 0.1) is 0 Å². The first-order valence-electron chi connectivity index (χ1n) is 8.13. The van der Waals surface area contributed by atoms with Gasteiger partial charge in [-0.05, 0) is 55.0 Å². The van der Waals surface area contributed by atoms with Crippen LogP contribution in [-0.4, -0.2) is 17.6 Å². The maximum absolute atomic E-state index is 11.5. The van der Waals surface area contributed by atoms with Crippen LogP contribution in [0.2, 0.25) is 0 Å². The largest absolute Gasteiger partial charge is 1.00 e. The van der Waals surface area contributed by atoms with Gasteiger partial charge in [0.2, 0.25) is 0 Å². The molecule has 0 amide bonds. The molecule has 0 atom stereocenters. The molecule has 1 aromatic heterocycles. The molecule has 0 saturated heterocycles. The van der Waals surface area contributed by atoms with E-state index in [9.17, 15) is 9.90 Å². The fourth-order valence-corrected chi connectivity index (χ4v) is 2.93. The Morgan fingerprint density at radius 2 is 1.88 bits per heavy atom. The summed E-state index contributed by atoms with van der Waals surface area (Å²) >= 11 is 3.36. The van der Waals surface area contributed by atoms with Crippen LogP contribution in [0.4, 0.5) is 0 Å². The number of carboxylic acid groups (broad SMARTS) is 1. The summed E-state index contributed by atoms with van der Waals surface area (Å²) in [6.45, 7) is 2.80. The van der Waals surface area contributed by atoms with E-state index in [0.29, 0.717) is 23.2 Å². The summed E-state index contributed by atoms with van der Waals surface area (Å²) < 4.78 is 6.45. The number of hydrogen-bond acceptors (Lipinski definition) is 4. The number of hydrogen-bond donors (Lipinski definition) is 0. The van der Waals surface area contributed by atoms with Crippen LogP contribution < -0.4 is 61.2 Å². The number of carbonyl (C=O) groups is 1. The quantitative estimate of drug-likeness (QED) is 0.429. The fraction of sp³-hybridized carbons (Fsp3) is 0.200. The monoisotopic (exact) mass is 437 g/mol. The van der Waals surface area contributed by atoms with Crippen molar-refractivity contribution in [1.82, 2.24) is 4.98 Å². The van der Waals surface area contributed by atoms with E-state index in [1.807, 2.05) is 30.3 Å². The topological polar surface area (TPSA) is 62.2 Å². The Kier molecular flexibility index (Phi) is 8.25. The number of fused-ring (bicyclic) bond motifs is 1. The number of ether oxygens (including phenoxy) is 1. The molecule has 2 aromatic carbocycles. The van der Waals surface area contributed by atoms with Gasteiger partial charge in [-0.2, -0.15) is 0 Å². The average molecular weight is 438 g/mol. The normalized spacial score (nSPS) is 10.4. The molecule has 0 unspecified atom stereocenters. The summed E-state index contributed by atoms with van der Waals surface area (Å²) in [6.07, 6.45) is 2.10. The summed E-state index contributed by atoms with van der Waals surface area (Å²) in [5.41, 5.74) is 2.16. The third-order valence-electron chi connectivity index (χ3n) is 3.91. The smallest absolute Gasteiger partial charge is 0.545 e. The van der Waals surface area contributed by atoms with Crippen LogP contribution in [0.1, 0.15) is 30.1 Å². The maximum Gasteiger partial charge on any atom is 1.00 e. The predicted octanol–water partition coefficient (Wildman–Crippen LogP) is 1.21. The van der Waals surface area contributed by atoms with Crippen LogP contribution in [0.15, 0.2) is 53.0 Å². The first kappa shape index (κ1) is 21.5. The Morgan fingerprint density at radius 3 is 2.54 bits per heavy atom. The first-order chi connectivity index (χ1) is 12.1. The van der Waals surface area contributed by atoms with Gasteiger partial charge in [-0.1, -0.05) is 29.3 Å². The molecule has 0 bridgehead atoms. The summed E-state index contributed by atoms with van der Waals surface area (Å²) in [5, 5.41) is 12.1. The Labute approximate surface area is 203 Å². The van der Waals surface area contributed by atoms with Crippen LogP contribution >= 0.6 is 15.9 Å². The molecule has 0 saturated carbocycles. The minimum Gasteiger partial charge on any atom is -0.545 e. The molecule has 3 rings (SSSR count). The van der Waals surface area contributed by atoms with Crippen molar-refractivity contribution in [1.29, 1.82) is 0 Å². The van der Waals surface area contributed by atoms with Gasteiger partial charge in [0.25, 0.3) is 0 Å². The molecule has 3 aromatic rings. The number of aromatic carboxylic acids is 1. The molecule has 26 heavy (non-hydrogen) atoms. The minimum atomic E-state index is -1.22. The maximum atomic E-state index is 11.5. The van der Waals surface area contributed by atoms with E-state index in [2.05, 4.69) is 27.8 Å². The molecule has 0 spiro atoms. The van der Waals surface area contributed by atoms with Gasteiger partial charge in [0, 0.05) is 21.0 Å². The number of carboxylic acids is 1. The molecule has 0 aliphatic carbocycles. The van der Waals surface area contributed by atoms with Gasteiger partial charge in [0.05, 0.1) is 23.8 Å². The average Bonchev–Trinajstić information content (AvgIpc) is 2.61. The van der Waals surface area contributed by atoms with Crippen molar-refractivity contribution < 1.29 is 66.0 Å². The zero-order valence-electron chi connectivity index (χ0n) is 14.8. The molecule has 6 heteroatoms. The van der Waals surface area contributed by atoms with Crippen LogP contribution in [-0.2, 0) is 0 Å². The number of pyridine rings is 1. The van der Waals surface area contributed by atoms with E-state index in [1.54, 1.807) is 18.2 Å². The van der Waals surface area contributed by atoms with Crippen molar-refractivity contribution in [2.24, 2.45) is 0 Å². The Hall–Kier alpha value is -0.764. The Balaban J connectivity index is 0.00000243. The number of benzene rings is 2. The molecule has 4 nitrogen and oxygen atoms in total. The first-order valence-corrected chi connectivity index (χ1v) is 8.92. The molecule has 0 N–H and O–H groups in total. The standard InChI is InChI=1S/C20H18BrNO3.K/c1-2-3-10-25-15-7-4-13(5-8-15)19-12-17(20(23)24)16-11-14(21)6-9-18(16)22-19;/h4-9,11-12H,2-3,10H2,1H3,(H,23,24);/q;+1/p-1. The van der Waals surface area contributed by atoms with Crippen molar-refractivity contribution in [2.75, 3.05) is 6.61 Å². The second-order valence-electron chi connectivity index (χ2n) is 5.73. The van der Waals surface area contributed by atoms with E-state index in [1.165, 1.54) is 0 Å². The number of carbonyl (C=O) groups excluding carboxylic acids is 1. The van der Waals surface area contributed by atoms with Crippen LogP contribution in [0.5, 0.6) is 5.75 Å². The minimum absolute atomic E-state index is 0. The van der Waals surface area contributed by atoms with Gasteiger partial charge >= 0.3 is 51.4 Å². The molecule has 0 radical (unpaired) electrons. The molecule has 0 aliphatic heterocycles. The van der Waals surface area contributed by atoms with E-state index in [0.717, 1.165) is 28.6 Å². The SMILES string of the molecule is CCCCOc1ccc(-c2cc(C(=O)[O-])c3cc(Br)ccc3n2)cc1.[K+]. The summed E-state index contributed by atoms with van der Waals surface area (Å²) in [7, 11) is 0. The second kappa shape index (κ2) is 9.97. The molecule has 0 fully saturated rings. The number of halogens is 1. The zero-order chi connectivity index (χ0) is 17.8. The van der Waals surface area contributed by atoms with Gasteiger partial charge in [-0.15, -0.1) is 0 Å². The van der Waals surface area contributed by atoms with E-state index >= 15 is 0 Å². The number of rotatable bonds is 6.